The molecule has 8 nitrogen and oxygen atoms in total. The largest absolute Gasteiger partial charge is 0.378 e. The molecule has 0 radical (unpaired) electrons. The second-order valence-electron chi connectivity index (χ2n) is 9.40. The van der Waals surface area contributed by atoms with Gasteiger partial charge in [-0.1, -0.05) is 41.9 Å². The highest BCUT2D eigenvalue weighted by Crippen LogP contribution is 2.33. The molecule has 2 aliphatic heterocycles. The third kappa shape index (κ3) is 5.05. The maximum atomic E-state index is 13.6. The molecule has 3 heterocycles. The first-order chi connectivity index (χ1) is 19.5. The van der Waals surface area contributed by atoms with Crippen LogP contribution >= 0.6 is 23.8 Å². The number of rotatable bonds is 4. The third-order valence-corrected chi connectivity index (χ3v) is 7.43. The van der Waals surface area contributed by atoms with Gasteiger partial charge in [-0.15, -0.1) is 0 Å². The number of hydrogen-bond donors (Lipinski definition) is 2. The van der Waals surface area contributed by atoms with E-state index in [0.29, 0.717) is 40.8 Å². The maximum Gasteiger partial charge on any atom is 0.272 e. The summed E-state index contributed by atoms with van der Waals surface area (Å²) < 4.78 is 5.53. The number of aliphatic imine (C=N–C) groups is 1. The Bertz CT molecular complexity index is 1620. The fraction of sp³-hybridized carbons (Fsp3) is 0.200. The SMILES string of the molecule is CN1C(=O)C(NC(=S)Nc2ccc(N3CCOCC3)c3ccccc23)N=C(c2c#ccnc2)c2cc(Cl)ccc21. The zero-order valence-electron chi connectivity index (χ0n) is 21.6. The van der Waals surface area contributed by atoms with E-state index >= 15 is 0 Å². The van der Waals surface area contributed by atoms with E-state index in [1.165, 1.54) is 6.20 Å². The average molecular weight is 569 g/mol. The summed E-state index contributed by atoms with van der Waals surface area (Å²) in [5.74, 6) is -0.275. The molecule has 3 aromatic carbocycles. The van der Waals surface area contributed by atoms with Crippen LogP contribution in [0.1, 0.15) is 11.1 Å². The number of likely N-dealkylation sites (N-methyl/N-ethyl adjacent to an activating group) is 1. The van der Waals surface area contributed by atoms with E-state index in [9.17, 15) is 4.79 Å². The summed E-state index contributed by atoms with van der Waals surface area (Å²) in [5.41, 5.74) is 4.44. The molecule has 2 aliphatic rings. The van der Waals surface area contributed by atoms with Crippen LogP contribution in [0.3, 0.4) is 0 Å². The minimum absolute atomic E-state index is 0.268. The van der Waals surface area contributed by atoms with Crippen LogP contribution in [0, 0.1) is 12.1 Å². The lowest BCUT2D eigenvalue weighted by molar-refractivity contribution is -0.119. The molecular weight excluding hydrogens is 544 g/mol. The summed E-state index contributed by atoms with van der Waals surface area (Å²) in [6.45, 7) is 3.10. The molecule has 1 amide bonds. The number of thiocarbonyl (C=S) groups is 1. The van der Waals surface area contributed by atoms with Gasteiger partial charge in [-0.2, -0.15) is 0 Å². The van der Waals surface area contributed by atoms with Crippen molar-refractivity contribution < 1.29 is 9.53 Å². The van der Waals surface area contributed by atoms with Crippen molar-refractivity contribution in [3.8, 4) is 0 Å². The van der Waals surface area contributed by atoms with Gasteiger partial charge in [-0.25, -0.2) is 4.99 Å². The number of anilines is 3. The number of ether oxygens (including phenoxy) is 1. The van der Waals surface area contributed by atoms with Gasteiger partial charge in [-0.3, -0.25) is 9.78 Å². The van der Waals surface area contributed by atoms with Crippen LogP contribution in [0.5, 0.6) is 0 Å². The molecule has 40 heavy (non-hydrogen) atoms. The van der Waals surface area contributed by atoms with Crippen molar-refractivity contribution in [2.75, 3.05) is 48.5 Å². The van der Waals surface area contributed by atoms with E-state index in [2.05, 4.69) is 50.8 Å². The quantitative estimate of drug-likeness (QED) is 0.352. The van der Waals surface area contributed by atoms with Gasteiger partial charge in [0.15, 0.2) is 5.11 Å². The zero-order chi connectivity index (χ0) is 27.6. The van der Waals surface area contributed by atoms with E-state index in [1.54, 1.807) is 36.3 Å². The summed E-state index contributed by atoms with van der Waals surface area (Å²) in [7, 11) is 1.70. The molecule has 1 atom stereocenters. The highest BCUT2D eigenvalue weighted by molar-refractivity contribution is 7.80. The predicted molar refractivity (Wildman–Crippen MR) is 163 cm³/mol. The van der Waals surface area contributed by atoms with Crippen LogP contribution in [-0.2, 0) is 9.53 Å². The number of carbonyl (C=O) groups excluding carboxylic acids is 1. The fourth-order valence-corrected chi connectivity index (χ4v) is 5.42. The molecule has 1 unspecified atom stereocenters. The van der Waals surface area contributed by atoms with E-state index in [4.69, 9.17) is 33.5 Å². The molecule has 0 bridgehead atoms. The van der Waals surface area contributed by atoms with Gasteiger partial charge in [0.05, 0.1) is 36.4 Å². The Morgan fingerprint density at radius 2 is 1.88 bits per heavy atom. The molecule has 10 heteroatoms. The van der Waals surface area contributed by atoms with E-state index in [1.807, 2.05) is 18.2 Å². The Labute approximate surface area is 242 Å². The standard InChI is InChI=1S/C30H25ClN6O2S/c1-36-25-10-8-20(31)17-23(25)27(19-5-4-12-32-18-19)34-28(29(36)38)35-30(40)33-24-9-11-26(37-13-15-39-16-14-37)22-7-3-2-6-21(22)24/h2-3,6-12,17-18,28H,13-16H2,1H3,(H2,33,35,40). The molecule has 1 fully saturated rings. The highest BCUT2D eigenvalue weighted by Gasteiger charge is 2.31. The molecular formula is C30H25ClN6O2S. The molecule has 0 spiro atoms. The first kappa shape index (κ1) is 26.0. The number of fused-ring (bicyclic) bond motifs is 2. The van der Waals surface area contributed by atoms with Gasteiger partial charge in [0.25, 0.3) is 5.91 Å². The van der Waals surface area contributed by atoms with E-state index in [0.717, 1.165) is 35.2 Å². The third-order valence-electron chi connectivity index (χ3n) is 6.97. The number of benzene rings is 3. The smallest absolute Gasteiger partial charge is 0.272 e. The van der Waals surface area contributed by atoms with Crippen molar-refractivity contribution in [2.24, 2.45) is 4.99 Å². The first-order valence-electron chi connectivity index (χ1n) is 12.8. The van der Waals surface area contributed by atoms with Crippen molar-refractivity contribution in [3.05, 3.63) is 95.3 Å². The number of hydrogen-bond acceptors (Lipinski definition) is 6. The second-order valence-corrected chi connectivity index (χ2v) is 10.2. The number of halogens is 1. The summed E-state index contributed by atoms with van der Waals surface area (Å²) in [6, 6.07) is 23.5. The summed E-state index contributed by atoms with van der Waals surface area (Å²) in [5, 5.41) is 9.33. The van der Waals surface area contributed by atoms with Crippen molar-refractivity contribution in [2.45, 2.75) is 6.17 Å². The van der Waals surface area contributed by atoms with Crippen molar-refractivity contribution in [1.82, 2.24) is 10.3 Å². The van der Waals surface area contributed by atoms with Crippen LogP contribution in [0.25, 0.3) is 10.8 Å². The van der Waals surface area contributed by atoms with Crippen LogP contribution in [0.15, 0.2) is 72.0 Å². The predicted octanol–water partition coefficient (Wildman–Crippen LogP) is 4.45. The van der Waals surface area contributed by atoms with Gasteiger partial charge < -0.3 is 25.2 Å². The van der Waals surface area contributed by atoms with Crippen LogP contribution in [-0.4, -0.2) is 61.2 Å². The number of carbonyl (C=O) groups is 1. The number of nitrogens with zero attached hydrogens (tertiary/aromatic N) is 4. The molecule has 1 saturated heterocycles. The molecule has 0 aliphatic carbocycles. The van der Waals surface area contributed by atoms with Gasteiger partial charge in [0.2, 0.25) is 6.17 Å². The number of morpholine rings is 1. The molecule has 6 rings (SSSR count). The summed E-state index contributed by atoms with van der Waals surface area (Å²) in [4.78, 5) is 26.4. The highest BCUT2D eigenvalue weighted by atomic mass is 35.5. The Morgan fingerprint density at radius 3 is 2.65 bits per heavy atom. The van der Waals surface area contributed by atoms with E-state index < -0.39 is 6.17 Å². The maximum absolute atomic E-state index is 13.6. The topological polar surface area (TPSA) is 82.1 Å². The molecule has 2 N–H and O–H groups in total. The lowest BCUT2D eigenvalue weighted by Crippen LogP contribution is -2.47. The number of benzodiazepines with no additional fused rings is 1. The Hall–Kier alpha value is -4.23. The fourth-order valence-electron chi connectivity index (χ4n) is 5.02. The van der Waals surface area contributed by atoms with Gasteiger partial charge in [-0.05, 0) is 48.6 Å². The van der Waals surface area contributed by atoms with Gasteiger partial charge in [0.1, 0.15) is 0 Å². The van der Waals surface area contributed by atoms with Crippen molar-refractivity contribution in [3.63, 3.8) is 0 Å². The molecule has 0 saturated carbocycles. The lowest BCUT2D eigenvalue weighted by atomic mass is 10.0. The zero-order valence-corrected chi connectivity index (χ0v) is 23.2. The van der Waals surface area contributed by atoms with Crippen LogP contribution in [0.4, 0.5) is 17.1 Å². The normalized spacial score (nSPS) is 17.0. The minimum atomic E-state index is -1.00. The molecule has 1 aromatic heterocycles. The number of aromatic nitrogens is 1. The summed E-state index contributed by atoms with van der Waals surface area (Å²) in [6.07, 6.45) is 2.14. The molecule has 4 aromatic rings. The van der Waals surface area contributed by atoms with Crippen LogP contribution in [0.2, 0.25) is 5.02 Å². The van der Waals surface area contributed by atoms with Gasteiger partial charge >= 0.3 is 0 Å². The molecule has 200 valence electrons. The Balaban J connectivity index is 1.31. The van der Waals surface area contributed by atoms with E-state index in [-0.39, 0.29) is 11.0 Å². The van der Waals surface area contributed by atoms with Crippen LogP contribution < -0.4 is 20.4 Å². The average Bonchev–Trinajstić information content (AvgIpc) is 3.08. The van der Waals surface area contributed by atoms with Crippen molar-refractivity contribution in [1.29, 1.82) is 0 Å². The number of nitrogens with one attached hydrogen (secondary N) is 2. The van der Waals surface area contributed by atoms with Gasteiger partial charge in [0, 0.05) is 59.1 Å². The van der Waals surface area contributed by atoms with Crippen molar-refractivity contribution >= 4 is 68.4 Å². The Morgan fingerprint density at radius 1 is 1.10 bits per heavy atom. The lowest BCUT2D eigenvalue weighted by Gasteiger charge is -2.30. The Kier molecular flexibility index (Phi) is 7.22. The number of amides is 1. The second kappa shape index (κ2) is 11.1. The summed E-state index contributed by atoms with van der Waals surface area (Å²) >= 11 is 12.0. The monoisotopic (exact) mass is 568 g/mol. The minimum Gasteiger partial charge on any atom is -0.378 e. The first-order valence-corrected chi connectivity index (χ1v) is 13.6.